The lowest BCUT2D eigenvalue weighted by atomic mass is 10.1. The van der Waals surface area contributed by atoms with Gasteiger partial charge in [0.05, 0.1) is 6.61 Å². The van der Waals surface area contributed by atoms with Gasteiger partial charge in [-0.15, -0.1) is 0 Å². The van der Waals surface area contributed by atoms with Crippen LogP contribution < -0.4 is 20.1 Å². The average molecular weight is 470 g/mol. The topological polar surface area (TPSA) is 100 Å². The molecule has 0 bridgehead atoms. The van der Waals surface area contributed by atoms with Gasteiger partial charge in [0.1, 0.15) is 11.6 Å². The Morgan fingerprint density at radius 2 is 1.77 bits per heavy atom. The molecule has 178 valence electrons. The third kappa shape index (κ3) is 7.76. The van der Waals surface area contributed by atoms with E-state index in [1.165, 1.54) is 6.08 Å². The van der Waals surface area contributed by atoms with Gasteiger partial charge in [-0.2, -0.15) is 5.26 Å². The van der Waals surface area contributed by atoms with Crippen LogP contribution in [0.15, 0.2) is 78.4 Å². The molecule has 0 atom stereocenters. The van der Waals surface area contributed by atoms with E-state index < -0.39 is 5.91 Å². The Morgan fingerprint density at radius 1 is 0.971 bits per heavy atom. The van der Waals surface area contributed by atoms with E-state index in [9.17, 15) is 14.9 Å². The molecule has 0 aliphatic rings. The summed E-state index contributed by atoms with van der Waals surface area (Å²) in [7, 11) is 0. The zero-order chi connectivity index (χ0) is 25.0. The number of carbonyl (C=O) groups excluding carboxylic acids is 2. The number of hydrogen-bond donors (Lipinski definition) is 2. The minimum absolute atomic E-state index is 0.0328. The fraction of sp³-hybridized carbons (Fsp3) is 0.179. The molecule has 3 rings (SSSR count). The van der Waals surface area contributed by atoms with Crippen molar-refractivity contribution in [1.82, 2.24) is 5.32 Å². The van der Waals surface area contributed by atoms with E-state index >= 15 is 0 Å². The van der Waals surface area contributed by atoms with Crippen LogP contribution in [-0.4, -0.2) is 25.0 Å². The lowest BCUT2D eigenvalue weighted by Crippen LogP contribution is -2.23. The second kappa shape index (κ2) is 12.6. The number of carbonyl (C=O) groups is 2. The predicted octanol–water partition coefficient (Wildman–Crippen LogP) is 4.63. The van der Waals surface area contributed by atoms with Crippen molar-refractivity contribution in [2.24, 2.45) is 0 Å². The minimum atomic E-state index is -0.470. The summed E-state index contributed by atoms with van der Waals surface area (Å²) in [6.07, 6.45) is 1.48. The maximum atomic E-state index is 12.5. The molecule has 0 aliphatic heterocycles. The number of rotatable bonds is 10. The quantitative estimate of drug-likeness (QED) is 0.333. The second-order valence-electron chi connectivity index (χ2n) is 7.68. The Morgan fingerprint density at radius 3 is 2.49 bits per heavy atom. The van der Waals surface area contributed by atoms with Crippen molar-refractivity contribution in [2.75, 3.05) is 18.5 Å². The van der Waals surface area contributed by atoms with Crippen molar-refractivity contribution in [2.45, 2.75) is 20.4 Å². The largest absolute Gasteiger partial charge is 0.490 e. The predicted molar refractivity (Wildman–Crippen MR) is 135 cm³/mol. The Labute approximate surface area is 205 Å². The van der Waals surface area contributed by atoms with Gasteiger partial charge < -0.3 is 20.1 Å². The maximum Gasteiger partial charge on any atom is 0.262 e. The van der Waals surface area contributed by atoms with Crippen molar-refractivity contribution < 1.29 is 19.1 Å². The van der Waals surface area contributed by atoms with Gasteiger partial charge in [0.15, 0.2) is 18.1 Å². The SMILES string of the molecule is CCOc1cc(/C=C(\C#N)C(=O)NCc2ccccc2)ccc1OCC(=O)Nc1cccc(C)c1. The number of benzene rings is 3. The highest BCUT2D eigenvalue weighted by atomic mass is 16.5. The smallest absolute Gasteiger partial charge is 0.262 e. The van der Waals surface area contributed by atoms with Crippen LogP contribution in [-0.2, 0) is 16.1 Å². The highest BCUT2D eigenvalue weighted by Crippen LogP contribution is 2.29. The van der Waals surface area contributed by atoms with Crippen LogP contribution in [0.4, 0.5) is 5.69 Å². The van der Waals surface area contributed by atoms with Gasteiger partial charge in [-0.3, -0.25) is 9.59 Å². The van der Waals surface area contributed by atoms with Crippen molar-refractivity contribution in [3.8, 4) is 17.6 Å². The van der Waals surface area contributed by atoms with Crippen LogP contribution in [0, 0.1) is 18.3 Å². The van der Waals surface area contributed by atoms with E-state index in [4.69, 9.17) is 9.47 Å². The number of amides is 2. The monoisotopic (exact) mass is 469 g/mol. The van der Waals surface area contributed by atoms with Crippen molar-refractivity contribution >= 4 is 23.6 Å². The molecule has 0 saturated heterocycles. The molecule has 0 fully saturated rings. The summed E-state index contributed by atoms with van der Waals surface area (Å²) in [6.45, 7) is 4.27. The molecule has 0 unspecified atom stereocenters. The molecule has 7 nitrogen and oxygen atoms in total. The first-order valence-electron chi connectivity index (χ1n) is 11.2. The molecule has 7 heteroatoms. The van der Waals surface area contributed by atoms with Gasteiger partial charge in [0.2, 0.25) is 0 Å². The van der Waals surface area contributed by atoms with E-state index in [-0.39, 0.29) is 18.1 Å². The van der Waals surface area contributed by atoms with Gasteiger partial charge in [0.25, 0.3) is 11.8 Å². The summed E-state index contributed by atoms with van der Waals surface area (Å²) in [4.78, 5) is 24.8. The van der Waals surface area contributed by atoms with Crippen LogP contribution in [0.2, 0.25) is 0 Å². The van der Waals surface area contributed by atoms with Crippen LogP contribution >= 0.6 is 0 Å². The van der Waals surface area contributed by atoms with Gasteiger partial charge in [-0.1, -0.05) is 48.5 Å². The summed E-state index contributed by atoms with van der Waals surface area (Å²) in [6, 6.07) is 23.9. The fourth-order valence-electron chi connectivity index (χ4n) is 3.25. The minimum Gasteiger partial charge on any atom is -0.490 e. The summed E-state index contributed by atoms with van der Waals surface area (Å²) in [5.41, 5.74) is 3.23. The lowest BCUT2D eigenvalue weighted by Gasteiger charge is -2.13. The van der Waals surface area contributed by atoms with E-state index in [1.54, 1.807) is 24.3 Å². The number of nitrogens with one attached hydrogen (secondary N) is 2. The Bertz CT molecular complexity index is 1250. The third-order valence-electron chi connectivity index (χ3n) is 4.90. The standard InChI is InChI=1S/C28H27N3O4/c1-3-34-26-16-22(15-23(17-29)28(33)30-18-21-9-5-4-6-10-21)12-13-25(26)35-19-27(32)31-24-11-7-8-20(2)14-24/h4-16H,3,18-19H2,1-2H3,(H,30,33)(H,31,32)/b23-15+. The molecular weight excluding hydrogens is 442 g/mol. The molecule has 0 aliphatic carbocycles. The fourth-order valence-corrected chi connectivity index (χ4v) is 3.25. The van der Waals surface area contributed by atoms with Gasteiger partial charge in [-0.25, -0.2) is 0 Å². The van der Waals surface area contributed by atoms with Crippen molar-refractivity contribution in [1.29, 1.82) is 5.26 Å². The van der Waals surface area contributed by atoms with E-state index in [0.29, 0.717) is 35.9 Å². The molecule has 0 radical (unpaired) electrons. The lowest BCUT2D eigenvalue weighted by molar-refractivity contribution is -0.118. The Hall–Kier alpha value is -4.57. The first-order valence-corrected chi connectivity index (χ1v) is 11.2. The number of hydrogen-bond acceptors (Lipinski definition) is 5. The van der Waals surface area contributed by atoms with Crippen LogP contribution in [0.5, 0.6) is 11.5 Å². The Balaban J connectivity index is 1.66. The number of ether oxygens (including phenoxy) is 2. The Kier molecular flexibility index (Phi) is 9.03. The normalized spacial score (nSPS) is 10.7. The second-order valence-corrected chi connectivity index (χ2v) is 7.68. The van der Waals surface area contributed by atoms with Crippen LogP contribution in [0.1, 0.15) is 23.6 Å². The third-order valence-corrected chi connectivity index (χ3v) is 4.90. The summed E-state index contributed by atoms with van der Waals surface area (Å²) in [5.74, 6) is 0.0216. The van der Waals surface area contributed by atoms with Gasteiger partial charge in [-0.05, 0) is 60.9 Å². The summed E-state index contributed by atoms with van der Waals surface area (Å²) >= 11 is 0. The molecular formula is C28H27N3O4. The average Bonchev–Trinajstić information content (AvgIpc) is 2.86. The zero-order valence-corrected chi connectivity index (χ0v) is 19.7. The van der Waals surface area contributed by atoms with Crippen molar-refractivity contribution in [3.63, 3.8) is 0 Å². The molecule has 0 heterocycles. The molecule has 0 aromatic heterocycles. The molecule has 3 aromatic rings. The highest BCUT2D eigenvalue weighted by Gasteiger charge is 2.12. The first kappa shape index (κ1) is 25.1. The molecule has 0 saturated carbocycles. The van der Waals surface area contributed by atoms with Gasteiger partial charge >= 0.3 is 0 Å². The van der Waals surface area contributed by atoms with E-state index in [0.717, 1.165) is 11.1 Å². The molecule has 2 N–H and O–H groups in total. The number of nitriles is 1. The summed E-state index contributed by atoms with van der Waals surface area (Å²) in [5, 5.41) is 15.0. The van der Waals surface area contributed by atoms with E-state index in [1.807, 2.05) is 68.4 Å². The highest BCUT2D eigenvalue weighted by molar-refractivity contribution is 6.01. The maximum absolute atomic E-state index is 12.5. The number of anilines is 1. The number of nitrogens with zero attached hydrogens (tertiary/aromatic N) is 1. The number of aryl methyl sites for hydroxylation is 1. The van der Waals surface area contributed by atoms with E-state index in [2.05, 4.69) is 10.6 Å². The zero-order valence-electron chi connectivity index (χ0n) is 19.7. The first-order chi connectivity index (χ1) is 17.0. The van der Waals surface area contributed by atoms with Crippen molar-refractivity contribution in [3.05, 3.63) is 95.1 Å². The molecule has 2 amide bonds. The molecule has 0 spiro atoms. The molecule has 35 heavy (non-hydrogen) atoms. The molecule has 3 aromatic carbocycles. The van der Waals surface area contributed by atoms with Crippen LogP contribution in [0.25, 0.3) is 6.08 Å². The summed E-state index contributed by atoms with van der Waals surface area (Å²) < 4.78 is 11.3. The van der Waals surface area contributed by atoms with Gasteiger partial charge in [0, 0.05) is 12.2 Å². The van der Waals surface area contributed by atoms with Crippen LogP contribution in [0.3, 0.4) is 0 Å².